The molecule has 9 heteroatoms. The van der Waals surface area contributed by atoms with Crippen molar-refractivity contribution in [3.8, 4) is 11.3 Å². The van der Waals surface area contributed by atoms with Crippen LogP contribution in [0.3, 0.4) is 0 Å². The Balaban J connectivity index is 1.71. The van der Waals surface area contributed by atoms with Crippen molar-refractivity contribution in [2.75, 3.05) is 16.5 Å². The van der Waals surface area contributed by atoms with E-state index in [0.717, 1.165) is 9.63 Å². The number of carbonyl (C=O) groups is 2. The molecule has 1 heterocycles. The van der Waals surface area contributed by atoms with Gasteiger partial charge in [0.2, 0.25) is 5.69 Å². The minimum absolute atomic E-state index is 0.433. The standard InChI is InChI=1S/C27H23ClN4O3S/c1-36-24-8-3-2-6-22(24)25(32(27(29)34)21-15-11-19(28)12-16-21)26(33)30-20-13-9-18(10-14-20)23-7-4-5-17-31(23)35/h2-17,25H,1H3,(H2,29,34)(H,30,33). The lowest BCUT2D eigenvalue weighted by Crippen LogP contribution is -2.44. The summed E-state index contributed by atoms with van der Waals surface area (Å²) in [5.41, 5.74) is 8.56. The zero-order valence-electron chi connectivity index (χ0n) is 19.3. The van der Waals surface area contributed by atoms with Gasteiger partial charge in [0, 0.05) is 39.0 Å². The van der Waals surface area contributed by atoms with Crippen LogP contribution in [0.5, 0.6) is 0 Å². The van der Waals surface area contributed by atoms with Gasteiger partial charge in [0.1, 0.15) is 6.04 Å². The number of nitrogens with one attached hydrogen (secondary N) is 1. The SMILES string of the molecule is CSc1ccccc1C(C(=O)Nc1ccc(-c2cccc[n+]2[O-])cc1)N(C(N)=O)c1ccc(Cl)cc1. The highest BCUT2D eigenvalue weighted by atomic mass is 35.5. The van der Waals surface area contributed by atoms with Gasteiger partial charge in [-0.15, -0.1) is 11.8 Å². The normalized spacial score (nSPS) is 11.5. The minimum atomic E-state index is -1.05. The van der Waals surface area contributed by atoms with E-state index in [2.05, 4.69) is 5.32 Å². The molecule has 1 aromatic heterocycles. The van der Waals surface area contributed by atoms with Gasteiger partial charge in [-0.1, -0.05) is 29.8 Å². The van der Waals surface area contributed by atoms with E-state index >= 15 is 0 Å². The van der Waals surface area contributed by atoms with Gasteiger partial charge >= 0.3 is 6.03 Å². The van der Waals surface area contributed by atoms with Gasteiger partial charge in [-0.2, -0.15) is 4.73 Å². The summed E-state index contributed by atoms with van der Waals surface area (Å²) in [4.78, 5) is 28.5. The number of hydrogen-bond acceptors (Lipinski definition) is 4. The monoisotopic (exact) mass is 518 g/mol. The molecule has 4 aromatic rings. The Kier molecular flexibility index (Phi) is 7.77. The van der Waals surface area contributed by atoms with Gasteiger partial charge in [0.05, 0.1) is 0 Å². The highest BCUT2D eigenvalue weighted by Gasteiger charge is 2.33. The van der Waals surface area contributed by atoms with E-state index in [-0.39, 0.29) is 0 Å². The van der Waals surface area contributed by atoms with E-state index < -0.39 is 18.0 Å². The number of nitrogens with zero attached hydrogens (tertiary/aromatic N) is 2. The average Bonchev–Trinajstić information content (AvgIpc) is 2.88. The second-order valence-corrected chi connectivity index (χ2v) is 9.09. The first kappa shape index (κ1) is 25.1. The van der Waals surface area contributed by atoms with Crippen molar-refractivity contribution in [1.82, 2.24) is 0 Å². The number of aromatic nitrogens is 1. The van der Waals surface area contributed by atoms with Gasteiger partial charge < -0.3 is 16.3 Å². The molecule has 3 aromatic carbocycles. The molecule has 3 amide bonds. The maximum absolute atomic E-state index is 13.7. The fourth-order valence-corrected chi connectivity index (χ4v) is 4.64. The smallest absolute Gasteiger partial charge is 0.320 e. The lowest BCUT2D eigenvalue weighted by Gasteiger charge is -2.31. The van der Waals surface area contributed by atoms with Crippen molar-refractivity contribution in [2.45, 2.75) is 10.9 Å². The molecule has 36 heavy (non-hydrogen) atoms. The fraction of sp³-hybridized carbons (Fsp3) is 0.0741. The fourth-order valence-electron chi connectivity index (χ4n) is 3.88. The molecule has 182 valence electrons. The summed E-state index contributed by atoms with van der Waals surface area (Å²) in [6, 6.07) is 24.1. The first-order chi connectivity index (χ1) is 17.4. The van der Waals surface area contributed by atoms with E-state index in [9.17, 15) is 14.8 Å². The number of thioether (sulfide) groups is 1. The molecule has 0 bridgehead atoms. The van der Waals surface area contributed by atoms with Gasteiger partial charge in [-0.3, -0.25) is 9.69 Å². The molecule has 3 N–H and O–H groups in total. The molecule has 0 saturated carbocycles. The Bertz CT molecular complexity index is 1380. The van der Waals surface area contributed by atoms with Gasteiger partial charge in [0.25, 0.3) is 5.91 Å². The molecular formula is C27H23ClN4O3S. The van der Waals surface area contributed by atoms with Crippen molar-refractivity contribution < 1.29 is 14.3 Å². The van der Waals surface area contributed by atoms with Crippen LogP contribution in [0, 0.1) is 5.21 Å². The summed E-state index contributed by atoms with van der Waals surface area (Å²) in [5.74, 6) is -0.448. The topological polar surface area (TPSA) is 102 Å². The molecule has 0 radical (unpaired) electrons. The van der Waals surface area contributed by atoms with Gasteiger partial charge in [-0.05, 0) is 72.5 Å². The minimum Gasteiger partial charge on any atom is -0.618 e. The Hall–Kier alpha value is -4.01. The number of urea groups is 1. The Morgan fingerprint density at radius 2 is 1.64 bits per heavy atom. The van der Waals surface area contributed by atoms with Crippen LogP contribution >= 0.6 is 23.4 Å². The predicted octanol–water partition coefficient (Wildman–Crippen LogP) is 5.63. The van der Waals surface area contributed by atoms with Crippen molar-refractivity contribution in [3.05, 3.63) is 113 Å². The van der Waals surface area contributed by atoms with E-state index in [4.69, 9.17) is 17.3 Å². The molecule has 1 unspecified atom stereocenters. The van der Waals surface area contributed by atoms with Gasteiger partial charge in [-0.25, -0.2) is 4.79 Å². The summed E-state index contributed by atoms with van der Waals surface area (Å²) in [6.07, 6.45) is 3.32. The van der Waals surface area contributed by atoms with Crippen molar-refractivity contribution >= 4 is 46.7 Å². The van der Waals surface area contributed by atoms with Crippen LogP contribution in [0.25, 0.3) is 11.3 Å². The van der Waals surface area contributed by atoms with Crippen LogP contribution < -0.4 is 20.7 Å². The number of rotatable bonds is 7. The van der Waals surface area contributed by atoms with Crippen LogP contribution in [-0.4, -0.2) is 18.2 Å². The van der Waals surface area contributed by atoms with E-state index in [1.807, 2.05) is 24.5 Å². The number of primary amides is 1. The van der Waals surface area contributed by atoms with Crippen LogP contribution in [0.15, 0.2) is 102 Å². The first-order valence-corrected chi connectivity index (χ1v) is 12.6. The van der Waals surface area contributed by atoms with E-state index in [1.54, 1.807) is 72.8 Å². The maximum Gasteiger partial charge on any atom is 0.320 e. The van der Waals surface area contributed by atoms with Crippen LogP contribution in [-0.2, 0) is 4.79 Å². The highest BCUT2D eigenvalue weighted by molar-refractivity contribution is 7.98. The second-order valence-electron chi connectivity index (χ2n) is 7.81. The Morgan fingerprint density at radius 3 is 2.28 bits per heavy atom. The molecule has 0 aliphatic heterocycles. The van der Waals surface area contributed by atoms with Crippen LogP contribution in [0.1, 0.15) is 11.6 Å². The summed E-state index contributed by atoms with van der Waals surface area (Å²) >= 11 is 7.50. The molecule has 0 fully saturated rings. The van der Waals surface area contributed by atoms with E-state index in [0.29, 0.717) is 33.2 Å². The third-order valence-corrected chi connectivity index (χ3v) is 6.62. The van der Waals surface area contributed by atoms with E-state index in [1.165, 1.54) is 22.9 Å². The third-order valence-electron chi connectivity index (χ3n) is 5.55. The van der Waals surface area contributed by atoms with Crippen LogP contribution in [0.4, 0.5) is 16.2 Å². The average molecular weight is 519 g/mol. The number of anilines is 2. The molecule has 4 rings (SSSR count). The first-order valence-electron chi connectivity index (χ1n) is 11.0. The maximum atomic E-state index is 13.7. The Labute approximate surface area is 218 Å². The summed E-state index contributed by atoms with van der Waals surface area (Å²) in [5, 5.41) is 15.5. The highest BCUT2D eigenvalue weighted by Crippen LogP contribution is 2.34. The molecule has 1 atom stereocenters. The summed E-state index contributed by atoms with van der Waals surface area (Å²) in [7, 11) is 0. The zero-order chi connectivity index (χ0) is 25.7. The second kappa shape index (κ2) is 11.2. The largest absolute Gasteiger partial charge is 0.618 e. The third kappa shape index (κ3) is 5.45. The quantitative estimate of drug-likeness (QED) is 0.188. The van der Waals surface area contributed by atoms with Crippen LogP contribution in [0.2, 0.25) is 5.02 Å². The number of benzene rings is 3. The molecule has 0 aliphatic carbocycles. The lowest BCUT2D eigenvalue weighted by atomic mass is 10.0. The van der Waals surface area contributed by atoms with Crippen molar-refractivity contribution in [3.63, 3.8) is 0 Å². The van der Waals surface area contributed by atoms with Crippen molar-refractivity contribution in [2.24, 2.45) is 5.73 Å². The number of pyridine rings is 1. The Morgan fingerprint density at radius 1 is 0.972 bits per heavy atom. The molecule has 0 spiro atoms. The number of hydrogen-bond donors (Lipinski definition) is 2. The lowest BCUT2D eigenvalue weighted by molar-refractivity contribution is -0.593. The molecular weight excluding hydrogens is 496 g/mol. The molecule has 0 saturated heterocycles. The number of halogens is 1. The van der Waals surface area contributed by atoms with Gasteiger partial charge in [0.15, 0.2) is 6.20 Å². The predicted molar refractivity (Wildman–Crippen MR) is 144 cm³/mol. The van der Waals surface area contributed by atoms with Crippen molar-refractivity contribution in [1.29, 1.82) is 0 Å². The molecule has 7 nitrogen and oxygen atoms in total. The zero-order valence-corrected chi connectivity index (χ0v) is 20.9. The summed E-state index contributed by atoms with van der Waals surface area (Å²) in [6.45, 7) is 0. The number of nitrogens with two attached hydrogens (primary N) is 1. The molecule has 0 aliphatic rings. The summed E-state index contributed by atoms with van der Waals surface area (Å²) < 4.78 is 0.778. The number of amides is 3. The number of carbonyl (C=O) groups excluding carboxylic acids is 2.